The predicted molar refractivity (Wildman–Crippen MR) is 416 cm³/mol. The molecule has 9 aromatic heterocycles. The molecule has 10 heterocycles. The number of ether oxygens (including phenoxy) is 1. The number of benzene rings is 1. The molecule has 100 heavy (non-hydrogen) atoms. The Labute approximate surface area is 603 Å². The van der Waals surface area contributed by atoms with Crippen LogP contribution in [0.5, 0.6) is 5.75 Å². The smallest absolute Gasteiger partial charge is 0.231 e. The number of rotatable bonds is 0. The summed E-state index contributed by atoms with van der Waals surface area (Å²) in [6, 6.07) is 24.2. The largest absolute Gasteiger partial charge is 0.439 e. The number of aromatic amines is 1. The van der Waals surface area contributed by atoms with Crippen LogP contribution in [0.2, 0.25) is 0 Å². The van der Waals surface area contributed by atoms with Crippen LogP contribution in [-0.2, 0) is 54.6 Å². The molecular formula is C81H129N17O2. The molecule has 0 radical (unpaired) electrons. The van der Waals surface area contributed by atoms with E-state index in [1.54, 1.807) is 37.2 Å². The van der Waals surface area contributed by atoms with Gasteiger partial charge in [-0.3, -0.25) is 19.3 Å². The van der Waals surface area contributed by atoms with E-state index in [9.17, 15) is 0 Å². The third-order valence-corrected chi connectivity index (χ3v) is 14.2. The lowest BCUT2D eigenvalue weighted by molar-refractivity contribution is 0.320. The average molecular weight is 1370 g/mol. The van der Waals surface area contributed by atoms with Gasteiger partial charge in [0.25, 0.3) is 0 Å². The van der Waals surface area contributed by atoms with Gasteiger partial charge in [-0.1, -0.05) is 155 Å². The van der Waals surface area contributed by atoms with E-state index in [2.05, 4.69) is 295 Å². The number of hydrogen-bond acceptors (Lipinski definition) is 14. The Bertz CT molecular complexity index is 3200. The maximum Gasteiger partial charge on any atom is 0.231 e. The molecule has 1 aromatic carbocycles. The minimum absolute atomic E-state index is 0. The molecule has 0 unspecified atom stereocenters. The number of anilines is 1. The van der Waals surface area contributed by atoms with Crippen LogP contribution in [0.3, 0.4) is 0 Å². The van der Waals surface area contributed by atoms with Gasteiger partial charge in [0, 0.05) is 121 Å². The van der Waals surface area contributed by atoms with E-state index in [0.717, 1.165) is 23.0 Å². The van der Waals surface area contributed by atoms with E-state index >= 15 is 0 Å². The van der Waals surface area contributed by atoms with Crippen molar-refractivity contribution in [3.8, 4) is 5.75 Å². The lowest BCUT2D eigenvalue weighted by atomic mass is 9.87. The highest BCUT2D eigenvalue weighted by atomic mass is 16.5. The molecule has 550 valence electrons. The van der Waals surface area contributed by atoms with Crippen LogP contribution in [0, 0.1) is 0 Å². The van der Waals surface area contributed by atoms with Gasteiger partial charge in [-0.05, 0) is 183 Å². The summed E-state index contributed by atoms with van der Waals surface area (Å²) in [5, 5.41) is 19.3. The van der Waals surface area contributed by atoms with Crippen LogP contribution in [0.4, 0.5) is 5.69 Å². The maximum absolute atomic E-state index is 5.52. The van der Waals surface area contributed by atoms with Crippen molar-refractivity contribution in [3.05, 3.63) is 225 Å². The van der Waals surface area contributed by atoms with E-state index in [1.807, 2.05) is 145 Å². The summed E-state index contributed by atoms with van der Waals surface area (Å²) in [5.74, 6) is 3.17. The Hall–Kier alpha value is -8.87. The predicted octanol–water partition coefficient (Wildman–Crippen LogP) is 20.1. The van der Waals surface area contributed by atoms with Gasteiger partial charge < -0.3 is 23.7 Å². The van der Waals surface area contributed by atoms with Crippen molar-refractivity contribution in [2.45, 2.75) is 270 Å². The van der Waals surface area contributed by atoms with E-state index in [0.29, 0.717) is 17.2 Å². The summed E-state index contributed by atoms with van der Waals surface area (Å²) in [6.07, 6.45) is 31.1. The zero-order valence-corrected chi connectivity index (χ0v) is 66.4. The average Bonchev–Trinajstić information content (AvgIpc) is 1.53. The van der Waals surface area contributed by atoms with Gasteiger partial charge in [0.05, 0.1) is 34.8 Å². The topological polar surface area (TPSA) is 203 Å². The number of nitrogens with one attached hydrogen (secondary N) is 1. The molecule has 19 heteroatoms. The number of aromatic nitrogens is 16. The summed E-state index contributed by atoms with van der Waals surface area (Å²) in [4.78, 5) is 29.4. The molecule has 0 saturated carbocycles. The molecule has 0 fully saturated rings. The lowest BCUT2D eigenvalue weighted by Crippen LogP contribution is -2.22. The molecule has 0 spiro atoms. The molecule has 11 rings (SSSR count). The molecule has 0 atom stereocenters. The number of nitrogens with zero attached hydrogens (tertiary/aromatic N) is 16. The Morgan fingerprint density at radius 3 is 1.24 bits per heavy atom. The van der Waals surface area contributed by atoms with Crippen molar-refractivity contribution >= 4 is 5.69 Å². The third kappa shape index (κ3) is 34.3. The van der Waals surface area contributed by atoms with E-state index in [4.69, 9.17) is 9.26 Å². The molecule has 1 aliphatic heterocycles. The summed E-state index contributed by atoms with van der Waals surface area (Å²) < 4.78 is 18.1. The molecule has 0 amide bonds. The van der Waals surface area contributed by atoms with Gasteiger partial charge >= 0.3 is 0 Å². The normalized spacial score (nSPS) is 12.2. The number of fused-ring (bicyclic) bond motifs is 1. The van der Waals surface area contributed by atoms with Crippen molar-refractivity contribution in [2.24, 2.45) is 0 Å². The minimum atomic E-state index is -0.0174. The second-order valence-corrected chi connectivity index (χ2v) is 34.0. The van der Waals surface area contributed by atoms with E-state index in [-0.39, 0.29) is 56.7 Å². The van der Waals surface area contributed by atoms with Crippen LogP contribution in [0.1, 0.15) is 249 Å². The Morgan fingerprint density at radius 1 is 0.430 bits per heavy atom. The highest BCUT2D eigenvalue weighted by Gasteiger charge is 2.25. The minimum Gasteiger partial charge on any atom is -0.439 e. The highest BCUT2D eigenvalue weighted by Crippen LogP contribution is 2.40. The second kappa shape index (κ2) is 38.6. The van der Waals surface area contributed by atoms with Crippen LogP contribution in [0.15, 0.2) is 195 Å². The molecule has 0 saturated heterocycles. The van der Waals surface area contributed by atoms with Crippen molar-refractivity contribution in [2.75, 3.05) is 11.9 Å². The number of H-pyrrole nitrogens is 1. The quantitative estimate of drug-likeness (QED) is 0.150. The monoisotopic (exact) mass is 1370 g/mol. The lowest BCUT2D eigenvalue weighted by Gasteiger charge is -2.20. The first kappa shape index (κ1) is 89.1. The highest BCUT2D eigenvalue weighted by molar-refractivity contribution is 5.67. The summed E-state index contributed by atoms with van der Waals surface area (Å²) in [7, 11) is 1.97. The van der Waals surface area contributed by atoms with E-state index < -0.39 is 0 Å². The second-order valence-electron chi connectivity index (χ2n) is 34.0. The van der Waals surface area contributed by atoms with Gasteiger partial charge in [-0.25, -0.2) is 19.6 Å². The molecule has 1 N–H and O–H groups in total. The fourth-order valence-corrected chi connectivity index (χ4v) is 7.85. The first-order valence-electron chi connectivity index (χ1n) is 33.9. The van der Waals surface area contributed by atoms with Crippen molar-refractivity contribution in [3.63, 3.8) is 0 Å². The number of pyridine rings is 2. The summed E-state index contributed by atoms with van der Waals surface area (Å²) in [6.45, 7) is 68.0. The summed E-state index contributed by atoms with van der Waals surface area (Å²) in [5.41, 5.74) is 7.71. The van der Waals surface area contributed by atoms with Gasteiger partial charge in [0.15, 0.2) is 18.0 Å². The van der Waals surface area contributed by atoms with Crippen molar-refractivity contribution in [1.82, 2.24) is 79.2 Å². The maximum atomic E-state index is 5.52. The van der Waals surface area contributed by atoms with E-state index in [1.165, 1.54) is 23.0 Å². The zero-order chi connectivity index (χ0) is 75.5. The number of hydrogen-bond donors (Lipinski definition) is 1. The van der Waals surface area contributed by atoms with Crippen molar-refractivity contribution < 1.29 is 9.26 Å². The molecular weight excluding hydrogens is 1240 g/mol. The van der Waals surface area contributed by atoms with Crippen LogP contribution < -0.4 is 9.64 Å². The SMILES string of the molecule is C.C=C1Oc2ccc(C(C)(C)C)cc2N1C.CC(C)(C)c1cc[nH]c1.CC(C)(C)c1ccccn1.CC(C)(C)c1ccncc1.CC(C)(C)c1ncccn1.CC(C)(C)c1ncno1.CC(C)(C)n1cccn1.CC(C)(C)n1cccn1.CC(C)(C)n1ccnc1.CC(C)(C)n1ccnn1. The Morgan fingerprint density at radius 2 is 0.960 bits per heavy atom. The van der Waals surface area contributed by atoms with Crippen molar-refractivity contribution in [1.29, 1.82) is 0 Å². The molecule has 0 bridgehead atoms. The molecule has 19 nitrogen and oxygen atoms in total. The van der Waals surface area contributed by atoms with Gasteiger partial charge in [0.2, 0.25) is 5.89 Å². The van der Waals surface area contributed by atoms with Gasteiger partial charge in [-0.2, -0.15) is 15.2 Å². The van der Waals surface area contributed by atoms with Crippen LogP contribution >= 0.6 is 0 Å². The van der Waals surface area contributed by atoms with Crippen LogP contribution in [0.25, 0.3) is 0 Å². The fourth-order valence-electron chi connectivity index (χ4n) is 7.85. The Kier molecular flexibility index (Phi) is 34.4. The fraction of sp³-hybridized carbons (Fsp3) is 0.519. The van der Waals surface area contributed by atoms with Crippen LogP contribution in [-0.4, -0.2) is 86.2 Å². The standard InChI is InChI=1S/C13H17NO.2C9H13N.C8H12N2.C8H13N.3C7H12N2.C6H11N3.C6H10N2O.CH4/c1-9-14(5)11-8-10(13(2,3)4)6-7-12(11)15-9;1-9(2,3)8-4-6-10-7-5-8;1-9(2,3)8-6-4-5-7-10-8;1-8(2,3)7-9-5-4-6-10-7;1-8(2,3)7-4-5-9-6-7;1-7(2,3)9-5-4-8-6-9;2*1-7(2,3)9-6-4-5-8-9;1-6(2,3)9-5-4-7-8-9;1-6(2,3)5-7-4-8-9-5;/h6-8H,1H2,2-5H3;2*4-7H,1-3H3;4-6H,1-3H3;4-6,9H,1-3H3;3*4-6H,1-3H3;4-5H,1-3H3;4H,1-3H3;1H4. The first-order valence-corrected chi connectivity index (χ1v) is 33.9. The molecule has 10 aromatic rings. The zero-order valence-electron chi connectivity index (χ0n) is 66.4. The Balaban J connectivity index is 0.000000557. The molecule has 1 aliphatic rings. The molecule has 0 aliphatic carbocycles. The van der Waals surface area contributed by atoms with Gasteiger partial charge in [-0.15, -0.1) is 5.10 Å². The summed E-state index contributed by atoms with van der Waals surface area (Å²) >= 11 is 0. The third-order valence-electron chi connectivity index (χ3n) is 14.2. The van der Waals surface area contributed by atoms with Gasteiger partial charge in [0.1, 0.15) is 5.82 Å². The number of imidazole rings is 1. The first-order chi connectivity index (χ1) is 45.3.